The molecule has 98 valence electrons. The van der Waals surface area contributed by atoms with Crippen molar-refractivity contribution in [2.45, 2.75) is 31.6 Å². The molecule has 0 spiro atoms. The molecule has 0 unspecified atom stereocenters. The van der Waals surface area contributed by atoms with Gasteiger partial charge in [-0.1, -0.05) is 31.2 Å². The predicted molar refractivity (Wildman–Crippen MR) is 76.0 cm³/mol. The number of benzene rings is 1. The Morgan fingerprint density at radius 2 is 1.78 bits per heavy atom. The Balaban J connectivity index is 1.69. The highest BCUT2D eigenvalue weighted by Crippen LogP contribution is 2.48. The van der Waals surface area contributed by atoms with Gasteiger partial charge in [-0.3, -0.25) is 4.90 Å². The molecule has 0 radical (unpaired) electrons. The van der Waals surface area contributed by atoms with Gasteiger partial charge < -0.3 is 5.32 Å². The lowest BCUT2D eigenvalue weighted by atomic mass is 9.94. The van der Waals surface area contributed by atoms with E-state index in [1.54, 1.807) is 5.56 Å². The van der Waals surface area contributed by atoms with Gasteiger partial charge in [-0.05, 0) is 30.4 Å². The van der Waals surface area contributed by atoms with Crippen LogP contribution in [-0.2, 0) is 11.8 Å². The van der Waals surface area contributed by atoms with Crippen molar-refractivity contribution in [3.63, 3.8) is 0 Å². The zero-order valence-electron chi connectivity index (χ0n) is 11.4. The van der Waals surface area contributed by atoms with Gasteiger partial charge in [0.05, 0.1) is 0 Å². The van der Waals surface area contributed by atoms with Crippen molar-refractivity contribution >= 4 is 0 Å². The monoisotopic (exact) mass is 244 g/mol. The topological polar surface area (TPSA) is 15.3 Å². The highest BCUT2D eigenvalue weighted by atomic mass is 15.2. The van der Waals surface area contributed by atoms with Gasteiger partial charge in [0.1, 0.15) is 0 Å². The van der Waals surface area contributed by atoms with E-state index in [1.165, 1.54) is 38.0 Å². The van der Waals surface area contributed by atoms with Gasteiger partial charge in [-0.15, -0.1) is 0 Å². The first-order chi connectivity index (χ1) is 8.82. The molecule has 0 atom stereocenters. The number of nitrogens with zero attached hydrogens (tertiary/aromatic N) is 1. The summed E-state index contributed by atoms with van der Waals surface area (Å²) in [7, 11) is 0. The Kier molecular flexibility index (Phi) is 3.40. The number of nitrogens with one attached hydrogen (secondary N) is 1. The fraction of sp³-hybridized carbons (Fsp3) is 0.625. The molecule has 1 N–H and O–H groups in total. The van der Waals surface area contributed by atoms with Crippen LogP contribution in [0.3, 0.4) is 0 Å². The predicted octanol–water partition coefficient (Wildman–Crippen LogP) is 2.19. The third-order valence-electron chi connectivity index (χ3n) is 4.56. The molecular weight excluding hydrogens is 220 g/mol. The van der Waals surface area contributed by atoms with Crippen LogP contribution < -0.4 is 5.32 Å². The third-order valence-corrected chi connectivity index (χ3v) is 4.56. The number of aryl methyl sites for hydroxylation is 1. The largest absolute Gasteiger partial charge is 0.314 e. The van der Waals surface area contributed by atoms with Crippen molar-refractivity contribution in [1.82, 2.24) is 10.2 Å². The lowest BCUT2D eigenvalue weighted by molar-refractivity contribution is 0.221. The number of hydrogen-bond donors (Lipinski definition) is 1. The van der Waals surface area contributed by atoms with Gasteiger partial charge in [0.25, 0.3) is 0 Å². The summed E-state index contributed by atoms with van der Waals surface area (Å²) in [6.07, 6.45) is 3.90. The quantitative estimate of drug-likeness (QED) is 0.873. The molecule has 2 aliphatic rings. The standard InChI is InChI=1S/C16H24N2/c1-2-14-3-5-15(6-4-14)16(7-8-16)13-18-11-9-17-10-12-18/h3-6,17H,2,7-13H2,1H3. The number of hydrogen-bond acceptors (Lipinski definition) is 2. The molecule has 1 saturated heterocycles. The molecule has 1 aliphatic carbocycles. The summed E-state index contributed by atoms with van der Waals surface area (Å²) in [6, 6.07) is 9.36. The maximum Gasteiger partial charge on any atom is 0.0108 e. The second kappa shape index (κ2) is 5.02. The van der Waals surface area contributed by atoms with E-state index in [4.69, 9.17) is 0 Å². The van der Waals surface area contributed by atoms with E-state index >= 15 is 0 Å². The van der Waals surface area contributed by atoms with E-state index in [0.717, 1.165) is 19.5 Å². The van der Waals surface area contributed by atoms with Crippen LogP contribution in [0.1, 0.15) is 30.9 Å². The average Bonchev–Trinajstić information content (AvgIpc) is 3.21. The van der Waals surface area contributed by atoms with E-state index in [1.807, 2.05) is 0 Å². The maximum atomic E-state index is 3.43. The van der Waals surface area contributed by atoms with Crippen molar-refractivity contribution in [3.05, 3.63) is 35.4 Å². The van der Waals surface area contributed by atoms with Crippen molar-refractivity contribution in [3.8, 4) is 0 Å². The van der Waals surface area contributed by atoms with Crippen molar-refractivity contribution in [2.24, 2.45) is 0 Å². The molecule has 2 fully saturated rings. The van der Waals surface area contributed by atoms with Crippen molar-refractivity contribution < 1.29 is 0 Å². The molecule has 2 heteroatoms. The van der Waals surface area contributed by atoms with E-state index < -0.39 is 0 Å². The number of piperazine rings is 1. The van der Waals surface area contributed by atoms with Crippen LogP contribution in [-0.4, -0.2) is 37.6 Å². The lowest BCUT2D eigenvalue weighted by Crippen LogP contribution is -2.46. The highest BCUT2D eigenvalue weighted by Gasteiger charge is 2.45. The third kappa shape index (κ3) is 2.45. The fourth-order valence-electron chi connectivity index (χ4n) is 3.08. The smallest absolute Gasteiger partial charge is 0.0108 e. The van der Waals surface area contributed by atoms with Gasteiger partial charge in [0, 0.05) is 38.1 Å². The molecule has 2 nitrogen and oxygen atoms in total. The summed E-state index contributed by atoms with van der Waals surface area (Å²) in [5, 5.41) is 3.43. The molecule has 1 saturated carbocycles. The van der Waals surface area contributed by atoms with Crippen LogP contribution in [0.15, 0.2) is 24.3 Å². The van der Waals surface area contributed by atoms with Gasteiger partial charge in [0.2, 0.25) is 0 Å². The van der Waals surface area contributed by atoms with Crippen LogP contribution in [0, 0.1) is 0 Å². The normalized spacial score (nSPS) is 22.9. The van der Waals surface area contributed by atoms with Gasteiger partial charge >= 0.3 is 0 Å². The minimum absolute atomic E-state index is 0.490. The van der Waals surface area contributed by atoms with E-state index in [-0.39, 0.29) is 0 Å². The SMILES string of the molecule is CCc1ccc(C2(CN3CCNCC3)CC2)cc1. The maximum absolute atomic E-state index is 3.43. The van der Waals surface area contributed by atoms with Crippen LogP contribution in [0.4, 0.5) is 0 Å². The van der Waals surface area contributed by atoms with Crippen LogP contribution in [0.5, 0.6) is 0 Å². The van der Waals surface area contributed by atoms with Crippen molar-refractivity contribution in [1.29, 1.82) is 0 Å². The minimum Gasteiger partial charge on any atom is -0.314 e. The molecule has 0 aromatic heterocycles. The molecule has 1 aromatic rings. The first-order valence-electron chi connectivity index (χ1n) is 7.35. The molecule has 1 heterocycles. The Bertz CT molecular complexity index is 386. The summed E-state index contributed by atoms with van der Waals surface area (Å²) < 4.78 is 0. The average molecular weight is 244 g/mol. The second-order valence-electron chi connectivity index (χ2n) is 5.86. The van der Waals surface area contributed by atoms with Gasteiger partial charge in [-0.2, -0.15) is 0 Å². The summed E-state index contributed by atoms with van der Waals surface area (Å²) in [5.74, 6) is 0. The number of rotatable bonds is 4. The Morgan fingerprint density at radius 1 is 1.11 bits per heavy atom. The van der Waals surface area contributed by atoms with E-state index in [2.05, 4.69) is 41.4 Å². The first-order valence-corrected chi connectivity index (χ1v) is 7.35. The highest BCUT2D eigenvalue weighted by molar-refractivity contribution is 5.34. The zero-order valence-corrected chi connectivity index (χ0v) is 11.4. The molecule has 1 aliphatic heterocycles. The molecular formula is C16H24N2. The second-order valence-corrected chi connectivity index (χ2v) is 5.86. The summed E-state index contributed by atoms with van der Waals surface area (Å²) in [4.78, 5) is 2.64. The van der Waals surface area contributed by atoms with E-state index in [9.17, 15) is 0 Å². The Labute approximate surface area is 110 Å². The minimum atomic E-state index is 0.490. The summed E-state index contributed by atoms with van der Waals surface area (Å²) >= 11 is 0. The molecule has 0 bridgehead atoms. The molecule has 1 aromatic carbocycles. The van der Waals surface area contributed by atoms with Crippen LogP contribution in [0.2, 0.25) is 0 Å². The Hall–Kier alpha value is -0.860. The fourth-order valence-corrected chi connectivity index (χ4v) is 3.08. The molecule has 3 rings (SSSR count). The van der Waals surface area contributed by atoms with Crippen LogP contribution in [0.25, 0.3) is 0 Å². The van der Waals surface area contributed by atoms with Gasteiger partial charge in [0.15, 0.2) is 0 Å². The van der Waals surface area contributed by atoms with Crippen LogP contribution >= 0.6 is 0 Å². The zero-order chi connectivity index (χ0) is 12.4. The summed E-state index contributed by atoms with van der Waals surface area (Å²) in [5.41, 5.74) is 3.51. The van der Waals surface area contributed by atoms with E-state index in [0.29, 0.717) is 5.41 Å². The summed E-state index contributed by atoms with van der Waals surface area (Å²) in [6.45, 7) is 8.24. The Morgan fingerprint density at radius 3 is 2.33 bits per heavy atom. The molecule has 18 heavy (non-hydrogen) atoms. The van der Waals surface area contributed by atoms with Gasteiger partial charge in [-0.25, -0.2) is 0 Å². The van der Waals surface area contributed by atoms with Crippen molar-refractivity contribution in [2.75, 3.05) is 32.7 Å². The molecule has 0 amide bonds. The first kappa shape index (κ1) is 12.2. The lowest BCUT2D eigenvalue weighted by Gasteiger charge is -2.31.